The number of rotatable bonds is 1. The molecule has 3 heteroatoms. The Labute approximate surface area is 90.2 Å². The summed E-state index contributed by atoms with van der Waals surface area (Å²) in [4.78, 5) is 23.2. The van der Waals surface area contributed by atoms with Gasteiger partial charge in [-0.2, -0.15) is 0 Å². The highest BCUT2D eigenvalue weighted by Crippen LogP contribution is 2.53. The number of carbonyl (C=O) groups excluding carboxylic acids is 2. The van der Waals surface area contributed by atoms with Gasteiger partial charge in [0.15, 0.2) is 0 Å². The standard InChI is InChI=1S/C12H18O3/c1-12(2)5-7-4-9(13)10(8(7)6-12)11(14)15-3/h7-8,10H,4-6H2,1-3H3. The molecule has 0 amide bonds. The van der Waals surface area contributed by atoms with Crippen molar-refractivity contribution >= 4 is 11.8 Å². The van der Waals surface area contributed by atoms with Crippen molar-refractivity contribution in [2.75, 3.05) is 7.11 Å². The van der Waals surface area contributed by atoms with Crippen molar-refractivity contribution in [3.8, 4) is 0 Å². The van der Waals surface area contributed by atoms with Gasteiger partial charge in [-0.1, -0.05) is 13.8 Å². The Morgan fingerprint density at radius 3 is 2.67 bits per heavy atom. The fraction of sp³-hybridized carbons (Fsp3) is 0.833. The maximum absolute atomic E-state index is 11.7. The van der Waals surface area contributed by atoms with Crippen molar-refractivity contribution in [1.82, 2.24) is 0 Å². The summed E-state index contributed by atoms with van der Waals surface area (Å²) < 4.78 is 4.72. The normalized spacial score (nSPS) is 37.8. The second kappa shape index (κ2) is 3.32. The largest absolute Gasteiger partial charge is 0.468 e. The maximum atomic E-state index is 11.7. The Hall–Kier alpha value is -0.860. The highest BCUT2D eigenvalue weighted by atomic mass is 16.5. The predicted molar refractivity (Wildman–Crippen MR) is 55.1 cm³/mol. The van der Waals surface area contributed by atoms with Crippen molar-refractivity contribution in [2.24, 2.45) is 23.2 Å². The first-order chi connectivity index (χ1) is 6.94. The van der Waals surface area contributed by atoms with Crippen LogP contribution in [0.1, 0.15) is 33.1 Å². The van der Waals surface area contributed by atoms with Gasteiger partial charge in [-0.25, -0.2) is 0 Å². The van der Waals surface area contributed by atoms with E-state index in [2.05, 4.69) is 13.8 Å². The van der Waals surface area contributed by atoms with Crippen LogP contribution in [0.2, 0.25) is 0 Å². The van der Waals surface area contributed by atoms with Crippen molar-refractivity contribution in [2.45, 2.75) is 33.1 Å². The monoisotopic (exact) mass is 210 g/mol. The third-order valence-electron chi connectivity index (χ3n) is 3.90. The number of methoxy groups -OCH3 is 1. The quantitative estimate of drug-likeness (QED) is 0.489. The molecule has 0 aromatic heterocycles. The number of Topliss-reactive ketones (excluding diaryl/α,β-unsaturated/α-hetero) is 1. The molecule has 0 aromatic rings. The Morgan fingerprint density at radius 1 is 1.40 bits per heavy atom. The molecule has 15 heavy (non-hydrogen) atoms. The number of esters is 1. The summed E-state index contributed by atoms with van der Waals surface area (Å²) >= 11 is 0. The van der Waals surface area contributed by atoms with Crippen LogP contribution in [-0.4, -0.2) is 18.9 Å². The van der Waals surface area contributed by atoms with Crippen molar-refractivity contribution in [3.63, 3.8) is 0 Å². The van der Waals surface area contributed by atoms with E-state index in [1.54, 1.807) is 0 Å². The summed E-state index contributed by atoms with van der Waals surface area (Å²) in [5.74, 6) is -0.0594. The lowest BCUT2D eigenvalue weighted by Gasteiger charge is -2.19. The van der Waals surface area contributed by atoms with E-state index in [-0.39, 0.29) is 23.1 Å². The molecule has 2 aliphatic carbocycles. The van der Waals surface area contributed by atoms with Crippen LogP contribution < -0.4 is 0 Å². The number of ketones is 1. The van der Waals surface area contributed by atoms with Crippen LogP contribution in [0.4, 0.5) is 0 Å². The molecular weight excluding hydrogens is 192 g/mol. The van der Waals surface area contributed by atoms with E-state index in [1.165, 1.54) is 7.11 Å². The van der Waals surface area contributed by atoms with Crippen LogP contribution >= 0.6 is 0 Å². The first-order valence-corrected chi connectivity index (χ1v) is 5.55. The zero-order valence-corrected chi connectivity index (χ0v) is 9.58. The molecule has 0 radical (unpaired) electrons. The Morgan fingerprint density at radius 2 is 2.07 bits per heavy atom. The minimum atomic E-state index is -0.471. The molecule has 3 unspecified atom stereocenters. The number of fused-ring (bicyclic) bond motifs is 1. The SMILES string of the molecule is COC(=O)C1C(=O)CC2CC(C)(C)CC21. The lowest BCUT2D eigenvalue weighted by Crippen LogP contribution is -2.27. The smallest absolute Gasteiger partial charge is 0.316 e. The Balaban J connectivity index is 2.19. The first-order valence-electron chi connectivity index (χ1n) is 5.55. The third-order valence-corrected chi connectivity index (χ3v) is 3.90. The van der Waals surface area contributed by atoms with Crippen LogP contribution in [0.5, 0.6) is 0 Å². The van der Waals surface area contributed by atoms with Gasteiger partial charge >= 0.3 is 5.97 Å². The van der Waals surface area contributed by atoms with Crippen LogP contribution in [-0.2, 0) is 14.3 Å². The van der Waals surface area contributed by atoms with E-state index in [4.69, 9.17) is 4.74 Å². The number of carbonyl (C=O) groups is 2. The molecule has 0 saturated heterocycles. The third kappa shape index (κ3) is 1.68. The molecule has 3 atom stereocenters. The number of hydrogen-bond donors (Lipinski definition) is 0. The van der Waals surface area contributed by atoms with E-state index in [0.717, 1.165) is 12.8 Å². The van der Waals surface area contributed by atoms with Gasteiger partial charge < -0.3 is 4.74 Å². The zero-order chi connectivity index (χ0) is 11.2. The van der Waals surface area contributed by atoms with Crippen LogP contribution in [0, 0.1) is 23.2 Å². The molecule has 0 aromatic carbocycles. The fourth-order valence-corrected chi connectivity index (χ4v) is 3.42. The van der Waals surface area contributed by atoms with Crippen molar-refractivity contribution < 1.29 is 14.3 Å². The van der Waals surface area contributed by atoms with E-state index in [0.29, 0.717) is 12.3 Å². The summed E-state index contributed by atoms with van der Waals surface area (Å²) in [6, 6.07) is 0. The van der Waals surface area contributed by atoms with E-state index < -0.39 is 5.92 Å². The zero-order valence-electron chi connectivity index (χ0n) is 9.58. The molecule has 3 nitrogen and oxygen atoms in total. The highest BCUT2D eigenvalue weighted by Gasteiger charge is 2.53. The molecule has 0 spiro atoms. The van der Waals surface area contributed by atoms with Gasteiger partial charge in [0.25, 0.3) is 0 Å². The molecule has 2 rings (SSSR count). The summed E-state index contributed by atoms with van der Waals surface area (Å²) in [6.45, 7) is 4.42. The predicted octanol–water partition coefficient (Wildman–Crippen LogP) is 1.80. The van der Waals surface area contributed by atoms with Crippen molar-refractivity contribution in [3.05, 3.63) is 0 Å². The molecular formula is C12H18O3. The van der Waals surface area contributed by atoms with Gasteiger partial charge in [0.2, 0.25) is 0 Å². The fourth-order valence-electron chi connectivity index (χ4n) is 3.42. The topological polar surface area (TPSA) is 43.4 Å². The first kappa shape index (κ1) is 10.7. The Bertz CT molecular complexity index is 298. The summed E-state index contributed by atoms with van der Waals surface area (Å²) in [5.41, 5.74) is 0.280. The van der Waals surface area contributed by atoms with Gasteiger partial charge in [0, 0.05) is 6.42 Å². The van der Waals surface area contributed by atoms with Gasteiger partial charge in [-0.05, 0) is 30.1 Å². The van der Waals surface area contributed by atoms with Gasteiger partial charge in [-0.15, -0.1) is 0 Å². The van der Waals surface area contributed by atoms with Gasteiger partial charge in [-0.3, -0.25) is 9.59 Å². The summed E-state index contributed by atoms with van der Waals surface area (Å²) in [6.07, 6.45) is 2.62. The minimum Gasteiger partial charge on any atom is -0.468 e. The number of ether oxygens (including phenoxy) is 1. The lowest BCUT2D eigenvalue weighted by molar-refractivity contribution is -0.149. The molecule has 2 saturated carbocycles. The molecule has 0 heterocycles. The second-order valence-corrected chi connectivity index (χ2v) is 5.67. The average Bonchev–Trinajstić information content (AvgIpc) is 2.54. The summed E-state index contributed by atoms with van der Waals surface area (Å²) in [7, 11) is 1.36. The number of hydrogen-bond acceptors (Lipinski definition) is 3. The van der Waals surface area contributed by atoms with Crippen LogP contribution in [0.3, 0.4) is 0 Å². The average molecular weight is 210 g/mol. The highest BCUT2D eigenvalue weighted by molar-refractivity contribution is 6.01. The molecule has 0 N–H and O–H groups in total. The van der Waals surface area contributed by atoms with E-state index in [1.807, 2.05) is 0 Å². The molecule has 2 aliphatic rings. The lowest BCUT2D eigenvalue weighted by atomic mass is 9.85. The van der Waals surface area contributed by atoms with Crippen LogP contribution in [0.15, 0.2) is 0 Å². The van der Waals surface area contributed by atoms with Gasteiger partial charge in [0.1, 0.15) is 11.7 Å². The molecule has 0 aliphatic heterocycles. The van der Waals surface area contributed by atoms with E-state index in [9.17, 15) is 9.59 Å². The van der Waals surface area contributed by atoms with E-state index >= 15 is 0 Å². The van der Waals surface area contributed by atoms with Crippen molar-refractivity contribution in [1.29, 1.82) is 0 Å². The van der Waals surface area contributed by atoms with Crippen LogP contribution in [0.25, 0.3) is 0 Å². The summed E-state index contributed by atoms with van der Waals surface area (Å²) in [5, 5.41) is 0. The van der Waals surface area contributed by atoms with Gasteiger partial charge in [0.05, 0.1) is 7.11 Å². The molecule has 84 valence electrons. The molecule has 2 fully saturated rings. The molecule has 0 bridgehead atoms. The minimum absolute atomic E-state index is 0.0901. The maximum Gasteiger partial charge on any atom is 0.316 e. The Kier molecular flexibility index (Phi) is 2.36. The second-order valence-electron chi connectivity index (χ2n) is 5.67.